The second-order valence-electron chi connectivity index (χ2n) is 12.4. The van der Waals surface area contributed by atoms with E-state index in [1.807, 2.05) is 0 Å². The Morgan fingerprint density at radius 1 is 0.652 bits per heavy atom. The minimum absolute atomic E-state index is 0.0902. The van der Waals surface area contributed by atoms with Crippen molar-refractivity contribution in [3.05, 3.63) is 59.7 Å². The fourth-order valence-electron chi connectivity index (χ4n) is 5.71. The van der Waals surface area contributed by atoms with E-state index >= 15 is 0 Å². The Labute approximate surface area is 268 Å². The fourth-order valence-corrected chi connectivity index (χ4v) is 5.71. The molecule has 12 nitrogen and oxygen atoms in total. The van der Waals surface area contributed by atoms with Gasteiger partial charge in [0.05, 0.1) is 64.0 Å². The van der Waals surface area contributed by atoms with Crippen LogP contribution in [-0.2, 0) is 37.9 Å². The van der Waals surface area contributed by atoms with Crippen LogP contribution in [-0.4, -0.2) is 103 Å². The lowest BCUT2D eigenvalue weighted by Crippen LogP contribution is -2.45. The summed E-state index contributed by atoms with van der Waals surface area (Å²) in [5, 5.41) is 0. The maximum atomic E-state index is 12.9. The van der Waals surface area contributed by atoms with Crippen molar-refractivity contribution in [2.75, 3.05) is 66.4 Å². The maximum Gasteiger partial charge on any atom is 0.338 e. The molecule has 0 N–H and O–H groups in total. The summed E-state index contributed by atoms with van der Waals surface area (Å²) in [6, 6.07) is 13.3. The topological polar surface area (TPSA) is 126 Å². The molecule has 0 aromatic heterocycles. The van der Waals surface area contributed by atoms with Crippen molar-refractivity contribution in [2.45, 2.75) is 51.1 Å². The predicted octanol–water partition coefficient (Wildman–Crippen LogP) is 3.79. The molecule has 4 saturated heterocycles. The Balaban J connectivity index is 0.908. The van der Waals surface area contributed by atoms with Gasteiger partial charge in [-0.3, -0.25) is 0 Å². The van der Waals surface area contributed by atoms with Gasteiger partial charge in [0, 0.05) is 10.8 Å². The lowest BCUT2D eigenvalue weighted by atomic mass is 9.84. The van der Waals surface area contributed by atoms with Gasteiger partial charge in [-0.2, -0.15) is 0 Å². The van der Waals surface area contributed by atoms with Crippen LogP contribution in [0.3, 0.4) is 0 Å². The maximum absolute atomic E-state index is 12.9. The zero-order valence-electron chi connectivity index (χ0n) is 26.3. The molecular formula is C34H42O12. The Hall–Kier alpha value is -3.26. The van der Waals surface area contributed by atoms with E-state index in [-0.39, 0.29) is 37.6 Å². The number of fused-ring (bicyclic) bond motifs is 1. The molecule has 4 fully saturated rings. The van der Waals surface area contributed by atoms with Crippen LogP contribution in [0, 0.1) is 10.8 Å². The highest BCUT2D eigenvalue weighted by Gasteiger charge is 2.51. The third-order valence-corrected chi connectivity index (χ3v) is 9.23. The van der Waals surface area contributed by atoms with Crippen LogP contribution in [0.15, 0.2) is 48.5 Å². The monoisotopic (exact) mass is 642 g/mol. The van der Waals surface area contributed by atoms with Crippen molar-refractivity contribution in [3.8, 4) is 11.5 Å². The van der Waals surface area contributed by atoms with Crippen LogP contribution < -0.4 is 9.47 Å². The standard InChI is InChI=1S/C34H42O12/c1-3-33(15-37-16-33)19-39-21-43-25-9-5-23(6-10-25)31(35)45-27-13-41-30-28(14-42-29(27)30)46-32(36)24-7-11-26(12-8-24)44-22-40-20-34(4-2)17-38-18-34/h5-12,27-30H,3-4,13-22H2,1-2H3. The SMILES string of the molecule is CCC1(COCOc2ccc(C(=O)OC3COC4C(OC(=O)c5ccc(OCOCC6(CC)COC6)cc5)COC34)cc2)COC1. The van der Waals surface area contributed by atoms with Crippen molar-refractivity contribution in [3.63, 3.8) is 0 Å². The summed E-state index contributed by atoms with van der Waals surface area (Å²) in [5.41, 5.74) is 0.914. The predicted molar refractivity (Wildman–Crippen MR) is 161 cm³/mol. The molecule has 4 heterocycles. The lowest BCUT2D eigenvalue weighted by molar-refractivity contribution is -0.162. The van der Waals surface area contributed by atoms with E-state index in [4.69, 9.17) is 47.4 Å². The Morgan fingerprint density at radius 2 is 1.04 bits per heavy atom. The first-order chi connectivity index (χ1) is 22.4. The molecule has 4 atom stereocenters. The van der Waals surface area contributed by atoms with Crippen LogP contribution in [0.1, 0.15) is 47.4 Å². The van der Waals surface area contributed by atoms with Gasteiger partial charge in [-0.05, 0) is 61.4 Å². The van der Waals surface area contributed by atoms with Crippen LogP contribution in [0.4, 0.5) is 0 Å². The van der Waals surface area contributed by atoms with Crippen LogP contribution in [0.5, 0.6) is 11.5 Å². The summed E-state index contributed by atoms with van der Waals surface area (Å²) < 4.78 is 56.4. The van der Waals surface area contributed by atoms with Gasteiger partial charge in [0.1, 0.15) is 23.7 Å². The van der Waals surface area contributed by atoms with Crippen molar-refractivity contribution in [1.29, 1.82) is 0 Å². The summed E-state index contributed by atoms with van der Waals surface area (Å²) >= 11 is 0. The quantitative estimate of drug-likeness (QED) is 0.150. The largest absolute Gasteiger partial charge is 0.468 e. The van der Waals surface area contributed by atoms with Crippen LogP contribution in [0.25, 0.3) is 0 Å². The minimum Gasteiger partial charge on any atom is -0.468 e. The molecule has 0 spiro atoms. The normalized spacial score (nSPS) is 25.5. The Morgan fingerprint density at radius 3 is 1.37 bits per heavy atom. The molecular weight excluding hydrogens is 600 g/mol. The number of esters is 2. The Kier molecular flexibility index (Phi) is 10.4. The first kappa shape index (κ1) is 32.7. The van der Waals surface area contributed by atoms with Crippen LogP contribution in [0.2, 0.25) is 0 Å². The molecule has 4 aliphatic rings. The lowest BCUT2D eigenvalue weighted by Gasteiger charge is -2.40. The average molecular weight is 643 g/mol. The summed E-state index contributed by atoms with van der Waals surface area (Å²) in [7, 11) is 0. The molecule has 0 saturated carbocycles. The summed E-state index contributed by atoms with van der Waals surface area (Å²) in [5.74, 6) is 0.142. The Bertz CT molecular complexity index is 1190. The van der Waals surface area contributed by atoms with Crippen LogP contribution >= 0.6 is 0 Å². The van der Waals surface area contributed by atoms with E-state index in [0.717, 1.165) is 12.8 Å². The third kappa shape index (κ3) is 7.48. The smallest absolute Gasteiger partial charge is 0.338 e. The number of carbonyl (C=O) groups excluding carboxylic acids is 2. The average Bonchev–Trinajstić information content (AvgIpc) is 3.63. The molecule has 2 aromatic rings. The molecule has 0 aliphatic carbocycles. The molecule has 2 aromatic carbocycles. The van der Waals surface area contributed by atoms with Crippen molar-refractivity contribution in [1.82, 2.24) is 0 Å². The number of hydrogen-bond acceptors (Lipinski definition) is 12. The highest BCUT2D eigenvalue weighted by atomic mass is 16.7. The molecule has 0 radical (unpaired) electrons. The molecule has 46 heavy (non-hydrogen) atoms. The van der Waals surface area contributed by atoms with Gasteiger partial charge < -0.3 is 47.4 Å². The summed E-state index contributed by atoms with van der Waals surface area (Å²) in [6.45, 7) is 8.76. The highest BCUT2D eigenvalue weighted by molar-refractivity contribution is 5.90. The first-order valence-corrected chi connectivity index (χ1v) is 15.8. The summed E-state index contributed by atoms with van der Waals surface area (Å²) in [6.07, 6.45) is -0.352. The van der Waals surface area contributed by atoms with Gasteiger partial charge in [-0.15, -0.1) is 0 Å². The minimum atomic E-state index is -0.630. The third-order valence-electron chi connectivity index (χ3n) is 9.23. The van der Waals surface area contributed by atoms with Crippen molar-refractivity contribution in [2.24, 2.45) is 10.8 Å². The zero-order chi connectivity index (χ0) is 32.0. The second-order valence-corrected chi connectivity index (χ2v) is 12.4. The van der Waals surface area contributed by atoms with Gasteiger partial charge in [-0.25, -0.2) is 9.59 Å². The van der Waals surface area contributed by atoms with Gasteiger partial charge in [0.2, 0.25) is 0 Å². The number of benzene rings is 2. The van der Waals surface area contributed by atoms with Crippen molar-refractivity contribution < 1.29 is 57.0 Å². The van der Waals surface area contributed by atoms with E-state index in [1.54, 1.807) is 48.5 Å². The number of ether oxygens (including phenoxy) is 10. The zero-order valence-corrected chi connectivity index (χ0v) is 26.3. The first-order valence-electron chi connectivity index (χ1n) is 15.8. The molecule has 4 aliphatic heterocycles. The van der Waals surface area contributed by atoms with E-state index in [0.29, 0.717) is 62.3 Å². The summed E-state index contributed by atoms with van der Waals surface area (Å²) in [4.78, 5) is 25.7. The van der Waals surface area contributed by atoms with E-state index in [2.05, 4.69) is 13.8 Å². The molecule has 0 amide bonds. The molecule has 0 bridgehead atoms. The molecule has 250 valence electrons. The van der Waals surface area contributed by atoms with Gasteiger partial charge >= 0.3 is 11.9 Å². The van der Waals surface area contributed by atoms with Gasteiger partial charge in [-0.1, -0.05) is 13.8 Å². The molecule has 12 heteroatoms. The van der Waals surface area contributed by atoms with Crippen molar-refractivity contribution >= 4 is 11.9 Å². The van der Waals surface area contributed by atoms with E-state index in [9.17, 15) is 9.59 Å². The number of hydrogen-bond donors (Lipinski definition) is 0. The van der Waals surface area contributed by atoms with Gasteiger partial charge in [0.15, 0.2) is 25.8 Å². The number of rotatable bonds is 16. The molecule has 6 rings (SSSR count). The fraction of sp³-hybridized carbons (Fsp3) is 0.588. The number of carbonyl (C=O) groups is 2. The highest BCUT2D eigenvalue weighted by Crippen LogP contribution is 2.33. The molecule has 4 unspecified atom stereocenters. The second kappa shape index (κ2) is 14.7. The van der Waals surface area contributed by atoms with E-state index < -0.39 is 36.4 Å². The van der Waals surface area contributed by atoms with Gasteiger partial charge in [0.25, 0.3) is 0 Å². The van der Waals surface area contributed by atoms with E-state index in [1.165, 1.54) is 0 Å².